The van der Waals surface area contributed by atoms with Gasteiger partial charge in [-0.2, -0.15) is 4.52 Å². The molecule has 1 N–H and O–H groups in total. The van der Waals surface area contributed by atoms with Gasteiger partial charge < -0.3 is 15.1 Å². The van der Waals surface area contributed by atoms with Crippen molar-refractivity contribution in [2.75, 3.05) is 38.1 Å². The fraction of sp³-hybridized carbons (Fsp3) is 0.684. The summed E-state index contributed by atoms with van der Waals surface area (Å²) in [6.07, 6.45) is 6.93. The van der Waals surface area contributed by atoms with E-state index in [1.54, 1.807) is 4.52 Å². The SMILES string of the molecule is CN1CCN(c2ccc3nnc(CCC(=O)NC4CCCCC4)n3n2)CC1. The summed E-state index contributed by atoms with van der Waals surface area (Å²) in [7, 11) is 2.14. The number of aryl methyl sites for hydroxylation is 1. The molecule has 4 rings (SSSR count). The Kier molecular flexibility index (Phi) is 5.52. The molecule has 1 saturated carbocycles. The smallest absolute Gasteiger partial charge is 0.220 e. The van der Waals surface area contributed by atoms with Crippen molar-refractivity contribution < 1.29 is 4.79 Å². The third kappa shape index (κ3) is 4.37. The molecular formula is C19H29N7O. The Morgan fingerprint density at radius 2 is 1.89 bits per heavy atom. The maximum atomic E-state index is 12.3. The summed E-state index contributed by atoms with van der Waals surface area (Å²) >= 11 is 0. The Hall–Kier alpha value is -2.22. The van der Waals surface area contributed by atoms with E-state index in [9.17, 15) is 4.79 Å². The number of fused-ring (bicyclic) bond motifs is 1. The van der Waals surface area contributed by atoms with E-state index in [1.807, 2.05) is 12.1 Å². The summed E-state index contributed by atoms with van der Waals surface area (Å²) in [6.45, 7) is 4.01. The van der Waals surface area contributed by atoms with Crippen molar-refractivity contribution in [3.8, 4) is 0 Å². The Balaban J connectivity index is 1.39. The first-order valence-electron chi connectivity index (χ1n) is 10.1. The average Bonchev–Trinajstić information content (AvgIpc) is 3.10. The molecule has 27 heavy (non-hydrogen) atoms. The molecule has 1 amide bonds. The molecule has 1 saturated heterocycles. The molecule has 0 aromatic carbocycles. The summed E-state index contributed by atoms with van der Waals surface area (Å²) in [6, 6.07) is 4.32. The lowest BCUT2D eigenvalue weighted by Gasteiger charge is -2.33. The molecular weight excluding hydrogens is 342 g/mol. The first kappa shape index (κ1) is 18.2. The number of carbonyl (C=O) groups is 1. The second-order valence-electron chi connectivity index (χ2n) is 7.77. The monoisotopic (exact) mass is 371 g/mol. The third-order valence-corrected chi connectivity index (χ3v) is 5.69. The molecule has 2 aromatic heterocycles. The molecule has 2 fully saturated rings. The number of amides is 1. The van der Waals surface area contributed by atoms with Gasteiger partial charge in [0.15, 0.2) is 11.5 Å². The van der Waals surface area contributed by atoms with E-state index in [-0.39, 0.29) is 5.91 Å². The van der Waals surface area contributed by atoms with Crippen molar-refractivity contribution in [1.82, 2.24) is 30.0 Å². The Bertz CT molecular complexity index is 775. The van der Waals surface area contributed by atoms with Crippen molar-refractivity contribution in [2.24, 2.45) is 0 Å². The summed E-state index contributed by atoms with van der Waals surface area (Å²) < 4.78 is 1.79. The predicted molar refractivity (Wildman–Crippen MR) is 104 cm³/mol. The highest BCUT2D eigenvalue weighted by Crippen LogP contribution is 2.18. The van der Waals surface area contributed by atoms with Crippen molar-refractivity contribution in [3.05, 3.63) is 18.0 Å². The van der Waals surface area contributed by atoms with Crippen LogP contribution in [0.25, 0.3) is 5.65 Å². The number of piperazine rings is 1. The molecule has 1 aliphatic heterocycles. The highest BCUT2D eigenvalue weighted by molar-refractivity contribution is 5.76. The number of carbonyl (C=O) groups excluding carboxylic acids is 1. The summed E-state index contributed by atoms with van der Waals surface area (Å²) in [5, 5.41) is 16.4. The number of likely N-dealkylation sites (N-methyl/N-ethyl adjacent to an activating group) is 1. The van der Waals surface area contributed by atoms with Crippen LogP contribution in [-0.2, 0) is 11.2 Å². The molecule has 2 aromatic rings. The molecule has 1 aliphatic carbocycles. The van der Waals surface area contributed by atoms with Crippen molar-refractivity contribution in [3.63, 3.8) is 0 Å². The molecule has 3 heterocycles. The maximum Gasteiger partial charge on any atom is 0.220 e. The molecule has 146 valence electrons. The molecule has 0 unspecified atom stereocenters. The van der Waals surface area contributed by atoms with Gasteiger partial charge in [0.05, 0.1) is 0 Å². The van der Waals surface area contributed by atoms with E-state index < -0.39 is 0 Å². The minimum absolute atomic E-state index is 0.105. The Morgan fingerprint density at radius 1 is 1.11 bits per heavy atom. The number of rotatable bonds is 5. The van der Waals surface area contributed by atoms with Gasteiger partial charge in [0, 0.05) is 45.1 Å². The highest BCUT2D eigenvalue weighted by atomic mass is 16.1. The van der Waals surface area contributed by atoms with Crippen LogP contribution in [0, 0.1) is 0 Å². The van der Waals surface area contributed by atoms with Crippen LogP contribution < -0.4 is 10.2 Å². The number of hydrogen-bond acceptors (Lipinski definition) is 6. The zero-order valence-corrected chi connectivity index (χ0v) is 16.1. The van der Waals surface area contributed by atoms with Crippen LogP contribution in [0.5, 0.6) is 0 Å². The van der Waals surface area contributed by atoms with Crippen LogP contribution in [-0.4, -0.2) is 69.9 Å². The van der Waals surface area contributed by atoms with Gasteiger partial charge >= 0.3 is 0 Å². The minimum atomic E-state index is 0.105. The van der Waals surface area contributed by atoms with E-state index in [1.165, 1.54) is 19.3 Å². The average molecular weight is 371 g/mol. The number of anilines is 1. The summed E-state index contributed by atoms with van der Waals surface area (Å²) in [4.78, 5) is 16.9. The molecule has 0 bridgehead atoms. The van der Waals surface area contributed by atoms with Crippen LogP contribution in [0.1, 0.15) is 44.3 Å². The molecule has 0 radical (unpaired) electrons. The number of nitrogens with one attached hydrogen (secondary N) is 1. The molecule has 8 heteroatoms. The summed E-state index contributed by atoms with van der Waals surface area (Å²) in [5.41, 5.74) is 0.732. The van der Waals surface area contributed by atoms with Crippen LogP contribution in [0.2, 0.25) is 0 Å². The van der Waals surface area contributed by atoms with E-state index in [2.05, 4.69) is 32.4 Å². The fourth-order valence-corrected chi connectivity index (χ4v) is 3.96. The van der Waals surface area contributed by atoms with Gasteiger partial charge in [0.2, 0.25) is 5.91 Å². The molecule has 0 atom stereocenters. The third-order valence-electron chi connectivity index (χ3n) is 5.69. The second kappa shape index (κ2) is 8.21. The van der Waals surface area contributed by atoms with Crippen LogP contribution in [0.3, 0.4) is 0 Å². The first-order valence-corrected chi connectivity index (χ1v) is 10.1. The summed E-state index contributed by atoms with van der Waals surface area (Å²) in [5.74, 6) is 1.80. The lowest BCUT2D eigenvalue weighted by Crippen LogP contribution is -2.45. The Morgan fingerprint density at radius 3 is 2.67 bits per heavy atom. The van der Waals surface area contributed by atoms with Crippen LogP contribution >= 0.6 is 0 Å². The minimum Gasteiger partial charge on any atom is -0.353 e. The molecule has 8 nitrogen and oxygen atoms in total. The van der Waals surface area contributed by atoms with Gasteiger partial charge in [-0.05, 0) is 32.0 Å². The normalized spacial score (nSPS) is 19.5. The molecule has 0 spiro atoms. The van der Waals surface area contributed by atoms with Gasteiger partial charge in [-0.1, -0.05) is 19.3 Å². The van der Waals surface area contributed by atoms with Gasteiger partial charge in [-0.25, -0.2) is 0 Å². The fourth-order valence-electron chi connectivity index (χ4n) is 3.96. The van der Waals surface area contributed by atoms with Gasteiger partial charge in [0.1, 0.15) is 5.82 Å². The lowest BCUT2D eigenvalue weighted by atomic mass is 9.95. The quantitative estimate of drug-likeness (QED) is 0.852. The number of hydrogen-bond donors (Lipinski definition) is 1. The highest BCUT2D eigenvalue weighted by Gasteiger charge is 2.18. The maximum absolute atomic E-state index is 12.3. The lowest BCUT2D eigenvalue weighted by molar-refractivity contribution is -0.122. The van der Waals surface area contributed by atoms with Gasteiger partial charge in [0.25, 0.3) is 0 Å². The standard InChI is InChI=1S/C19H29N7O/c1-24-11-13-25(14-12-24)18-8-7-16-21-22-17(26(16)23-18)9-10-19(27)20-15-5-3-2-4-6-15/h7-8,15H,2-6,9-14H2,1H3,(H,20,27). The van der Waals surface area contributed by atoms with E-state index in [0.29, 0.717) is 18.9 Å². The topological polar surface area (TPSA) is 78.7 Å². The number of nitrogens with zero attached hydrogens (tertiary/aromatic N) is 6. The van der Waals surface area contributed by atoms with Crippen molar-refractivity contribution in [2.45, 2.75) is 51.0 Å². The van der Waals surface area contributed by atoms with E-state index in [0.717, 1.165) is 56.3 Å². The molecule has 2 aliphatic rings. The van der Waals surface area contributed by atoms with E-state index >= 15 is 0 Å². The van der Waals surface area contributed by atoms with Crippen LogP contribution in [0.4, 0.5) is 5.82 Å². The predicted octanol–water partition coefficient (Wildman–Crippen LogP) is 1.26. The largest absolute Gasteiger partial charge is 0.353 e. The van der Waals surface area contributed by atoms with Crippen molar-refractivity contribution in [1.29, 1.82) is 0 Å². The van der Waals surface area contributed by atoms with Gasteiger partial charge in [-0.3, -0.25) is 4.79 Å². The Labute approximate surface area is 159 Å². The van der Waals surface area contributed by atoms with Crippen molar-refractivity contribution >= 4 is 17.4 Å². The zero-order valence-electron chi connectivity index (χ0n) is 16.1. The number of aromatic nitrogens is 4. The van der Waals surface area contributed by atoms with E-state index in [4.69, 9.17) is 5.10 Å². The van der Waals surface area contributed by atoms with Gasteiger partial charge in [-0.15, -0.1) is 15.3 Å². The van der Waals surface area contributed by atoms with Crippen LogP contribution in [0.15, 0.2) is 12.1 Å². The first-order chi connectivity index (χ1) is 13.2. The zero-order chi connectivity index (χ0) is 18.6. The second-order valence-corrected chi connectivity index (χ2v) is 7.77.